The number of fused-ring (bicyclic) bond motifs is 5. The number of carbonyl (C=O) groups is 3. The lowest BCUT2D eigenvalue weighted by Gasteiger charge is -2.59. The summed E-state index contributed by atoms with van der Waals surface area (Å²) in [5.74, 6) is 0.448. The largest absolute Gasteiger partial charge is 0.481 e. The van der Waals surface area contributed by atoms with Gasteiger partial charge in [0.25, 0.3) is 0 Å². The topological polar surface area (TPSA) is 112 Å². The molecule has 0 spiro atoms. The number of carbonyl (C=O) groups excluding carboxylic acids is 2. The van der Waals surface area contributed by atoms with Crippen LogP contribution in [0.15, 0.2) is 11.6 Å². The number of ketones is 2. The van der Waals surface area contributed by atoms with E-state index < -0.39 is 12.1 Å². The summed E-state index contributed by atoms with van der Waals surface area (Å²) in [6, 6.07) is 0. The van der Waals surface area contributed by atoms with Gasteiger partial charge in [-0.1, -0.05) is 52.0 Å². The zero-order valence-corrected chi connectivity index (χ0v) is 21.9. The predicted molar refractivity (Wildman–Crippen MR) is 135 cm³/mol. The van der Waals surface area contributed by atoms with Crippen LogP contribution in [0.2, 0.25) is 0 Å². The first-order chi connectivity index (χ1) is 16.6. The van der Waals surface area contributed by atoms with Crippen molar-refractivity contribution in [3.05, 3.63) is 11.6 Å². The number of unbranched alkanes of at least 4 members (excludes halogenated alkanes) is 4. The minimum absolute atomic E-state index is 0.0541. The van der Waals surface area contributed by atoms with Crippen LogP contribution in [0, 0.1) is 34.5 Å². The van der Waals surface area contributed by atoms with Gasteiger partial charge in [-0.05, 0) is 79.6 Å². The smallest absolute Gasteiger partial charge is 0.303 e. The first kappa shape index (κ1) is 28.0. The van der Waals surface area contributed by atoms with E-state index in [0.29, 0.717) is 31.1 Å². The van der Waals surface area contributed by atoms with Crippen LogP contribution in [-0.2, 0) is 14.4 Å². The number of Topliss-reactive ketones (excluding diaryl/α,β-unsaturated/α-hetero) is 1. The second-order valence-electron chi connectivity index (χ2n) is 12.0. The standard InChI is InChI=1S/C21H30O4.C8H16O2/c1-20-8-7-13(23)9-12(20)3-4-14-15-5-6-16(18(25)11-22)21(15,2)10-17(24)19(14)20;1-2-3-4-5-6-7-8(9)10/h9,14-17,19,22,24H,3-8,10-11H2,1-2H3;2-7H2,1H3,(H,9,10). The van der Waals surface area contributed by atoms with Crippen molar-refractivity contribution in [2.24, 2.45) is 34.5 Å². The van der Waals surface area contributed by atoms with E-state index >= 15 is 0 Å². The van der Waals surface area contributed by atoms with Crippen molar-refractivity contribution in [3.63, 3.8) is 0 Å². The second kappa shape index (κ2) is 11.7. The number of hydrogen-bond donors (Lipinski definition) is 3. The fraction of sp³-hybridized carbons (Fsp3) is 0.828. The highest BCUT2D eigenvalue weighted by molar-refractivity contribution is 5.91. The van der Waals surface area contributed by atoms with Gasteiger partial charge in [0.1, 0.15) is 6.61 Å². The molecule has 0 aromatic carbocycles. The summed E-state index contributed by atoms with van der Waals surface area (Å²) in [7, 11) is 0. The SMILES string of the molecule is CC12CCC(=O)C=C1CCC1C2C(O)CC2(C)C(C(=O)CO)CCC12.CCCCCCCC(=O)O. The molecule has 198 valence electrons. The summed E-state index contributed by atoms with van der Waals surface area (Å²) in [5, 5.41) is 28.8. The Kier molecular flexibility index (Phi) is 9.36. The molecule has 0 aromatic rings. The van der Waals surface area contributed by atoms with Gasteiger partial charge in [-0.2, -0.15) is 0 Å². The molecule has 0 radical (unpaired) electrons. The van der Waals surface area contributed by atoms with E-state index in [1.807, 2.05) is 6.08 Å². The van der Waals surface area contributed by atoms with Crippen LogP contribution in [0.4, 0.5) is 0 Å². The summed E-state index contributed by atoms with van der Waals surface area (Å²) in [4.78, 5) is 34.2. The van der Waals surface area contributed by atoms with Gasteiger partial charge in [0.15, 0.2) is 11.6 Å². The summed E-state index contributed by atoms with van der Waals surface area (Å²) < 4.78 is 0. The van der Waals surface area contributed by atoms with Crippen LogP contribution >= 0.6 is 0 Å². The third kappa shape index (κ3) is 5.74. The zero-order chi connectivity index (χ0) is 25.8. The van der Waals surface area contributed by atoms with Crippen LogP contribution in [0.5, 0.6) is 0 Å². The van der Waals surface area contributed by atoms with Crippen molar-refractivity contribution in [3.8, 4) is 0 Å². The van der Waals surface area contributed by atoms with Crippen molar-refractivity contribution in [2.75, 3.05) is 6.61 Å². The highest BCUT2D eigenvalue weighted by atomic mass is 16.4. The molecule has 7 atom stereocenters. The van der Waals surface area contributed by atoms with Gasteiger partial charge >= 0.3 is 5.97 Å². The lowest BCUT2D eigenvalue weighted by Crippen LogP contribution is -2.57. The molecule has 0 amide bonds. The predicted octanol–water partition coefficient (Wildman–Crippen LogP) is 5.10. The molecule has 4 aliphatic rings. The van der Waals surface area contributed by atoms with Crippen molar-refractivity contribution in [1.29, 1.82) is 0 Å². The fourth-order valence-corrected chi connectivity index (χ4v) is 8.21. The molecule has 0 aliphatic heterocycles. The molecule has 3 saturated carbocycles. The third-order valence-electron chi connectivity index (χ3n) is 9.93. The molecule has 6 heteroatoms. The highest BCUT2D eigenvalue weighted by Crippen LogP contribution is 2.66. The summed E-state index contributed by atoms with van der Waals surface area (Å²) >= 11 is 0. The number of aliphatic hydroxyl groups excluding tert-OH is 2. The molecule has 4 rings (SSSR count). The Bertz CT molecular complexity index is 818. The normalized spacial score (nSPS) is 37.8. The first-order valence-electron chi connectivity index (χ1n) is 13.9. The number of carboxylic acid groups (broad SMARTS) is 1. The van der Waals surface area contributed by atoms with E-state index in [0.717, 1.165) is 44.9 Å². The van der Waals surface area contributed by atoms with Gasteiger partial charge in [0.05, 0.1) is 6.10 Å². The Labute approximate surface area is 210 Å². The lowest BCUT2D eigenvalue weighted by atomic mass is 9.46. The Morgan fingerprint density at radius 3 is 2.43 bits per heavy atom. The van der Waals surface area contributed by atoms with E-state index in [2.05, 4.69) is 20.8 Å². The number of rotatable bonds is 8. The Balaban J connectivity index is 0.000000292. The summed E-state index contributed by atoms with van der Waals surface area (Å²) in [6.45, 7) is 6.18. The third-order valence-corrected chi connectivity index (χ3v) is 9.93. The number of aliphatic hydroxyl groups is 2. The number of hydrogen-bond acceptors (Lipinski definition) is 5. The van der Waals surface area contributed by atoms with Gasteiger partial charge in [-0.3, -0.25) is 14.4 Å². The van der Waals surface area contributed by atoms with Crippen molar-refractivity contribution in [1.82, 2.24) is 0 Å². The van der Waals surface area contributed by atoms with Crippen LogP contribution in [0.25, 0.3) is 0 Å². The maximum Gasteiger partial charge on any atom is 0.303 e. The molecule has 0 heterocycles. The van der Waals surface area contributed by atoms with Gasteiger partial charge < -0.3 is 15.3 Å². The van der Waals surface area contributed by atoms with Crippen LogP contribution < -0.4 is 0 Å². The maximum absolute atomic E-state index is 12.3. The summed E-state index contributed by atoms with van der Waals surface area (Å²) in [5.41, 5.74) is 0.979. The van der Waals surface area contributed by atoms with Gasteiger partial charge in [-0.25, -0.2) is 0 Å². The summed E-state index contributed by atoms with van der Waals surface area (Å²) in [6.07, 6.45) is 13.2. The monoisotopic (exact) mass is 490 g/mol. The van der Waals surface area contributed by atoms with Gasteiger partial charge in [0, 0.05) is 18.8 Å². The first-order valence-corrected chi connectivity index (χ1v) is 13.9. The molecule has 3 N–H and O–H groups in total. The molecule has 3 fully saturated rings. The van der Waals surface area contributed by atoms with E-state index in [1.54, 1.807) is 0 Å². The molecule has 7 unspecified atom stereocenters. The molecule has 35 heavy (non-hydrogen) atoms. The molecule has 6 nitrogen and oxygen atoms in total. The van der Waals surface area contributed by atoms with E-state index in [-0.39, 0.29) is 40.8 Å². The number of aliphatic carboxylic acids is 1. The quantitative estimate of drug-likeness (QED) is 0.408. The van der Waals surface area contributed by atoms with E-state index in [1.165, 1.54) is 24.8 Å². The van der Waals surface area contributed by atoms with Gasteiger partial charge in [0.2, 0.25) is 0 Å². The van der Waals surface area contributed by atoms with E-state index in [9.17, 15) is 24.6 Å². The fourth-order valence-electron chi connectivity index (χ4n) is 8.21. The van der Waals surface area contributed by atoms with Crippen molar-refractivity contribution < 1.29 is 29.7 Å². The lowest BCUT2D eigenvalue weighted by molar-refractivity contribution is -0.146. The molecule has 4 aliphatic carbocycles. The molecular formula is C29H46O6. The van der Waals surface area contributed by atoms with Crippen LogP contribution in [0.3, 0.4) is 0 Å². The zero-order valence-electron chi connectivity index (χ0n) is 21.9. The number of allylic oxidation sites excluding steroid dienone is 1. The number of carboxylic acids is 1. The second-order valence-corrected chi connectivity index (χ2v) is 12.0. The highest BCUT2D eigenvalue weighted by Gasteiger charge is 2.62. The van der Waals surface area contributed by atoms with Crippen LogP contribution in [-0.4, -0.2) is 45.6 Å². The maximum atomic E-state index is 12.3. The average molecular weight is 491 g/mol. The molecule has 0 aromatic heterocycles. The average Bonchev–Trinajstić information content (AvgIpc) is 3.15. The molecule has 0 saturated heterocycles. The van der Waals surface area contributed by atoms with Gasteiger partial charge in [-0.15, -0.1) is 0 Å². The Hall–Kier alpha value is -1.53. The van der Waals surface area contributed by atoms with Crippen molar-refractivity contribution in [2.45, 2.75) is 110 Å². The van der Waals surface area contributed by atoms with Crippen LogP contribution in [0.1, 0.15) is 104 Å². The Morgan fingerprint density at radius 2 is 1.77 bits per heavy atom. The minimum atomic E-state index is -0.670. The van der Waals surface area contributed by atoms with Crippen molar-refractivity contribution >= 4 is 17.5 Å². The van der Waals surface area contributed by atoms with E-state index in [4.69, 9.17) is 5.11 Å². The molecular weight excluding hydrogens is 444 g/mol. The minimum Gasteiger partial charge on any atom is -0.481 e. The molecule has 0 bridgehead atoms. The Morgan fingerprint density at radius 1 is 1.06 bits per heavy atom.